The average molecular weight is 341 g/mol. The van der Waals surface area contributed by atoms with Gasteiger partial charge in [0.2, 0.25) is 0 Å². The molecule has 0 amide bonds. The molecule has 7 heteroatoms. The summed E-state index contributed by atoms with van der Waals surface area (Å²) in [7, 11) is 0. The maximum atomic E-state index is 12.1. The number of nitrogens with zero attached hydrogens (tertiary/aromatic N) is 2. The van der Waals surface area contributed by atoms with E-state index in [-0.39, 0.29) is 18.1 Å². The molecule has 1 atom stereocenters. The van der Waals surface area contributed by atoms with Crippen molar-refractivity contribution < 1.29 is 9.53 Å². The topological polar surface area (TPSA) is 63.0 Å². The number of nitriles is 1. The van der Waals surface area contributed by atoms with E-state index >= 15 is 0 Å². The molecule has 2 aromatic rings. The van der Waals surface area contributed by atoms with Gasteiger partial charge in [-0.25, -0.2) is 4.98 Å². The highest BCUT2D eigenvalue weighted by Gasteiger charge is 2.24. The van der Waals surface area contributed by atoms with Crippen molar-refractivity contribution in [3.8, 4) is 11.8 Å². The van der Waals surface area contributed by atoms with Crippen LogP contribution >= 0.6 is 34.5 Å². The Bertz CT molecular complexity index is 689. The number of aromatic nitrogens is 1. The number of hydrogen-bond acceptors (Lipinski definition) is 5. The van der Waals surface area contributed by atoms with Crippen LogP contribution in [0, 0.1) is 18.3 Å². The number of benzene rings is 1. The molecule has 0 aliphatic heterocycles. The molecule has 0 spiro atoms. The molecule has 108 valence electrons. The van der Waals surface area contributed by atoms with E-state index in [1.165, 1.54) is 11.3 Å². The molecule has 1 aromatic carbocycles. The second-order valence-corrected chi connectivity index (χ2v) is 5.90. The second-order valence-electron chi connectivity index (χ2n) is 4.20. The van der Waals surface area contributed by atoms with Crippen molar-refractivity contribution in [2.24, 2.45) is 0 Å². The van der Waals surface area contributed by atoms with Gasteiger partial charge in [0.1, 0.15) is 11.6 Å². The van der Waals surface area contributed by atoms with Gasteiger partial charge in [0, 0.05) is 11.1 Å². The average Bonchev–Trinajstić information content (AvgIpc) is 2.85. The highest BCUT2D eigenvalue weighted by molar-refractivity contribution is 7.09. The summed E-state index contributed by atoms with van der Waals surface area (Å²) in [6.07, 6.45) is 0. The highest BCUT2D eigenvalue weighted by atomic mass is 35.5. The van der Waals surface area contributed by atoms with Gasteiger partial charge < -0.3 is 4.74 Å². The Balaban J connectivity index is 2.09. The van der Waals surface area contributed by atoms with Gasteiger partial charge in [0.15, 0.2) is 17.5 Å². The third-order valence-electron chi connectivity index (χ3n) is 2.61. The van der Waals surface area contributed by atoms with Gasteiger partial charge in [0.25, 0.3) is 0 Å². The predicted octanol–water partition coefficient (Wildman–Crippen LogP) is 4.01. The minimum absolute atomic E-state index is 0.237. The molecule has 1 aromatic heterocycles. The highest BCUT2D eigenvalue weighted by Crippen LogP contribution is 2.32. The van der Waals surface area contributed by atoms with Crippen LogP contribution in [0.1, 0.15) is 16.6 Å². The van der Waals surface area contributed by atoms with E-state index in [4.69, 9.17) is 33.2 Å². The minimum atomic E-state index is -0.940. The first-order valence-corrected chi connectivity index (χ1v) is 7.57. The number of rotatable bonds is 5. The molecule has 0 saturated heterocycles. The molecule has 0 unspecified atom stereocenters. The zero-order valence-electron chi connectivity index (χ0n) is 11.0. The lowest BCUT2D eigenvalue weighted by Gasteiger charge is -2.10. The molecule has 21 heavy (non-hydrogen) atoms. The van der Waals surface area contributed by atoms with E-state index in [2.05, 4.69) is 4.98 Å². The number of halogens is 2. The van der Waals surface area contributed by atoms with E-state index < -0.39 is 5.92 Å². The van der Waals surface area contributed by atoms with Crippen LogP contribution in [0.3, 0.4) is 0 Å². The van der Waals surface area contributed by atoms with Gasteiger partial charge in [0.05, 0.1) is 16.1 Å². The number of ketones is 1. The maximum absolute atomic E-state index is 12.1. The number of hydrogen-bond donors (Lipinski definition) is 0. The lowest BCUT2D eigenvalue weighted by atomic mass is 10.1. The van der Waals surface area contributed by atoms with Crippen molar-refractivity contribution >= 4 is 40.3 Å². The van der Waals surface area contributed by atoms with Gasteiger partial charge in [-0.2, -0.15) is 5.26 Å². The Morgan fingerprint density at radius 1 is 1.48 bits per heavy atom. The van der Waals surface area contributed by atoms with Crippen LogP contribution in [0.5, 0.6) is 5.75 Å². The first-order valence-electron chi connectivity index (χ1n) is 5.94. The van der Waals surface area contributed by atoms with Gasteiger partial charge in [-0.1, -0.05) is 29.3 Å². The molecule has 0 N–H and O–H groups in total. The number of carbonyl (C=O) groups is 1. The Kier molecular flexibility index (Phi) is 5.18. The Morgan fingerprint density at radius 2 is 2.14 bits per heavy atom. The Morgan fingerprint density at radius 3 is 2.67 bits per heavy atom. The standard InChI is InChI=1S/C14H10Cl2N2O2S/c1-8-7-21-14(18-8)9(5-17)12(19)6-20-13-10(15)3-2-4-11(13)16/h2-4,7,9H,6H2,1H3/t9-/m0/s1. The molecule has 0 saturated carbocycles. The van der Waals surface area contributed by atoms with Crippen LogP contribution < -0.4 is 4.74 Å². The first-order chi connectivity index (χ1) is 10.0. The molecular weight excluding hydrogens is 331 g/mol. The number of para-hydroxylation sites is 1. The SMILES string of the molecule is Cc1csc([C@@H](C#N)C(=O)COc2c(Cl)cccc2Cl)n1. The van der Waals surface area contributed by atoms with Crippen LogP contribution in [-0.2, 0) is 4.79 Å². The largest absolute Gasteiger partial charge is 0.483 e. The second kappa shape index (κ2) is 6.90. The molecular formula is C14H10Cl2N2O2S. The van der Waals surface area contributed by atoms with Crippen LogP contribution in [0.15, 0.2) is 23.6 Å². The molecule has 0 aliphatic rings. The summed E-state index contributed by atoms with van der Waals surface area (Å²) >= 11 is 13.2. The molecule has 0 fully saturated rings. The summed E-state index contributed by atoms with van der Waals surface area (Å²) in [4.78, 5) is 16.3. The lowest BCUT2D eigenvalue weighted by molar-refractivity contribution is -0.121. The van der Waals surface area contributed by atoms with E-state index in [9.17, 15) is 4.79 Å². The summed E-state index contributed by atoms with van der Waals surface area (Å²) in [6, 6.07) is 6.85. The normalized spacial score (nSPS) is 11.7. The number of carbonyl (C=O) groups excluding carboxylic acids is 1. The van der Waals surface area contributed by atoms with Gasteiger partial charge in [-0.3, -0.25) is 4.79 Å². The molecule has 2 rings (SSSR count). The number of Topliss-reactive ketones (excluding diaryl/α,β-unsaturated/α-hetero) is 1. The van der Waals surface area contributed by atoms with Crippen molar-refractivity contribution in [2.45, 2.75) is 12.8 Å². The Hall–Kier alpha value is -1.61. The summed E-state index contributed by atoms with van der Waals surface area (Å²) < 4.78 is 5.35. The number of aryl methyl sites for hydroxylation is 1. The van der Waals surface area contributed by atoms with E-state index in [0.717, 1.165) is 5.69 Å². The molecule has 0 radical (unpaired) electrons. The molecule has 0 aliphatic carbocycles. The Labute approximate surface area is 135 Å². The van der Waals surface area contributed by atoms with Crippen molar-refractivity contribution in [2.75, 3.05) is 6.61 Å². The monoisotopic (exact) mass is 340 g/mol. The van der Waals surface area contributed by atoms with E-state index in [0.29, 0.717) is 15.1 Å². The lowest BCUT2D eigenvalue weighted by Crippen LogP contribution is -2.19. The minimum Gasteiger partial charge on any atom is -0.483 e. The molecule has 0 bridgehead atoms. The fourth-order valence-electron chi connectivity index (χ4n) is 1.62. The third-order valence-corrected chi connectivity index (χ3v) is 4.24. The number of ether oxygens (including phenoxy) is 1. The third kappa shape index (κ3) is 3.73. The van der Waals surface area contributed by atoms with Crippen LogP contribution in [-0.4, -0.2) is 17.4 Å². The fourth-order valence-corrected chi connectivity index (χ4v) is 2.98. The summed E-state index contributed by atoms with van der Waals surface area (Å²) in [5.41, 5.74) is 0.776. The fraction of sp³-hybridized carbons (Fsp3) is 0.214. The van der Waals surface area contributed by atoms with Crippen molar-refractivity contribution in [1.29, 1.82) is 5.26 Å². The summed E-state index contributed by atoms with van der Waals surface area (Å²) in [5, 5.41) is 12.0. The molecule has 1 heterocycles. The maximum Gasteiger partial charge on any atom is 0.194 e. The predicted molar refractivity (Wildman–Crippen MR) is 82.2 cm³/mol. The van der Waals surface area contributed by atoms with Gasteiger partial charge in [-0.15, -0.1) is 11.3 Å². The van der Waals surface area contributed by atoms with Crippen LogP contribution in [0.4, 0.5) is 0 Å². The summed E-state index contributed by atoms with van der Waals surface area (Å²) in [6.45, 7) is 1.51. The van der Waals surface area contributed by atoms with Gasteiger partial charge >= 0.3 is 0 Å². The molecule has 4 nitrogen and oxygen atoms in total. The quantitative estimate of drug-likeness (QED) is 0.824. The van der Waals surface area contributed by atoms with Crippen molar-refractivity contribution in [3.63, 3.8) is 0 Å². The zero-order chi connectivity index (χ0) is 15.4. The first kappa shape index (κ1) is 15.8. The van der Waals surface area contributed by atoms with Crippen molar-refractivity contribution in [3.05, 3.63) is 44.3 Å². The van der Waals surface area contributed by atoms with Crippen molar-refractivity contribution in [1.82, 2.24) is 4.98 Å². The van der Waals surface area contributed by atoms with Crippen LogP contribution in [0.2, 0.25) is 10.0 Å². The number of thiazole rings is 1. The van der Waals surface area contributed by atoms with Gasteiger partial charge in [-0.05, 0) is 19.1 Å². The smallest absolute Gasteiger partial charge is 0.194 e. The van der Waals surface area contributed by atoms with Crippen LogP contribution in [0.25, 0.3) is 0 Å². The van der Waals surface area contributed by atoms with E-state index in [1.807, 2.05) is 6.07 Å². The summed E-state index contributed by atoms with van der Waals surface area (Å²) in [5.74, 6) is -1.09. The van der Waals surface area contributed by atoms with E-state index in [1.54, 1.807) is 30.5 Å². The zero-order valence-corrected chi connectivity index (χ0v) is 13.3.